The average molecular weight is 126 g/mol. The minimum Gasteiger partial charge on any atom is -0.207 e. The summed E-state index contributed by atoms with van der Waals surface area (Å²) in [6.07, 6.45) is 4.51. The lowest BCUT2D eigenvalue weighted by molar-refractivity contribution is 0.654. The van der Waals surface area contributed by atoms with Crippen molar-refractivity contribution in [1.82, 2.24) is 0 Å². The zero-order chi connectivity index (χ0) is 7.28. The molecule has 0 heterocycles. The Labute approximate surface area is 55.4 Å². The van der Waals surface area contributed by atoms with E-state index in [4.69, 9.17) is 0 Å². The Morgan fingerprint density at radius 1 is 1.44 bits per heavy atom. The summed E-state index contributed by atoms with van der Waals surface area (Å²) in [6.45, 7) is 6.87. The molecule has 0 saturated carbocycles. The van der Waals surface area contributed by atoms with Gasteiger partial charge in [-0.05, 0) is 25.5 Å². The minimum absolute atomic E-state index is 0.185. The van der Waals surface area contributed by atoms with Crippen LogP contribution >= 0.6 is 0 Å². The van der Waals surface area contributed by atoms with Crippen LogP contribution in [0.4, 0.5) is 4.39 Å². The fourth-order valence-corrected chi connectivity index (χ4v) is 0.319. The van der Waals surface area contributed by atoms with E-state index in [-0.39, 0.29) is 5.83 Å². The third-order valence-electron chi connectivity index (χ3n) is 0.856. The maximum absolute atomic E-state index is 12.5. The maximum Gasteiger partial charge on any atom is 0.121 e. The van der Waals surface area contributed by atoms with Gasteiger partial charge in [-0.15, -0.1) is 0 Å². The molecule has 0 aromatic rings. The predicted molar refractivity (Wildman–Crippen MR) is 38.8 cm³/mol. The van der Waals surface area contributed by atoms with E-state index in [1.165, 1.54) is 6.08 Å². The molecule has 0 rings (SSSR count). The fraction of sp³-hybridized carbons (Fsp3) is 0.250. The monoisotopic (exact) mass is 126 g/mol. The van der Waals surface area contributed by atoms with Crippen molar-refractivity contribution in [3.05, 3.63) is 36.2 Å². The van der Waals surface area contributed by atoms with E-state index < -0.39 is 0 Å². The quantitative estimate of drug-likeness (QED) is 0.499. The van der Waals surface area contributed by atoms with Crippen molar-refractivity contribution in [3.63, 3.8) is 0 Å². The van der Waals surface area contributed by atoms with E-state index >= 15 is 0 Å². The van der Waals surface area contributed by atoms with Crippen LogP contribution in [0.1, 0.15) is 13.8 Å². The van der Waals surface area contributed by atoms with E-state index in [2.05, 4.69) is 6.58 Å². The van der Waals surface area contributed by atoms with Crippen LogP contribution in [0.25, 0.3) is 0 Å². The summed E-state index contributed by atoms with van der Waals surface area (Å²) in [5.41, 5.74) is 0.688. The summed E-state index contributed by atoms with van der Waals surface area (Å²) >= 11 is 0. The molecular weight excluding hydrogens is 115 g/mol. The molecule has 0 aromatic carbocycles. The summed E-state index contributed by atoms with van der Waals surface area (Å²) in [4.78, 5) is 0. The number of hydrogen-bond acceptors (Lipinski definition) is 0. The zero-order valence-corrected chi connectivity index (χ0v) is 5.82. The van der Waals surface area contributed by atoms with Crippen LogP contribution in [0.5, 0.6) is 0 Å². The lowest BCUT2D eigenvalue weighted by atomic mass is 10.3. The van der Waals surface area contributed by atoms with Gasteiger partial charge in [-0.1, -0.05) is 18.7 Å². The lowest BCUT2D eigenvalue weighted by Gasteiger charge is -1.87. The molecule has 0 unspecified atom stereocenters. The smallest absolute Gasteiger partial charge is 0.121 e. The van der Waals surface area contributed by atoms with Crippen LogP contribution in [0.2, 0.25) is 0 Å². The summed E-state index contributed by atoms with van der Waals surface area (Å²) in [6, 6.07) is 0. The van der Waals surface area contributed by atoms with Crippen molar-refractivity contribution in [2.75, 3.05) is 0 Å². The lowest BCUT2D eigenvalue weighted by Crippen LogP contribution is -1.69. The Balaban J connectivity index is 4.06. The van der Waals surface area contributed by atoms with Gasteiger partial charge in [0.25, 0.3) is 0 Å². The summed E-state index contributed by atoms with van der Waals surface area (Å²) < 4.78 is 12.5. The Hall–Kier alpha value is -0.850. The molecule has 0 saturated heterocycles. The first-order chi connectivity index (χ1) is 4.18. The van der Waals surface area contributed by atoms with E-state index in [1.54, 1.807) is 26.0 Å². The van der Waals surface area contributed by atoms with Gasteiger partial charge in [0.15, 0.2) is 0 Å². The maximum atomic E-state index is 12.5. The topological polar surface area (TPSA) is 0 Å². The van der Waals surface area contributed by atoms with Crippen LogP contribution in [-0.2, 0) is 0 Å². The number of rotatable bonds is 2. The molecule has 0 aliphatic rings. The molecule has 0 aliphatic heterocycles. The zero-order valence-electron chi connectivity index (χ0n) is 5.82. The Morgan fingerprint density at radius 3 is 2.33 bits per heavy atom. The summed E-state index contributed by atoms with van der Waals surface area (Å²) in [5, 5.41) is 0. The highest BCUT2D eigenvalue weighted by atomic mass is 19.1. The van der Waals surface area contributed by atoms with Crippen molar-refractivity contribution < 1.29 is 4.39 Å². The summed E-state index contributed by atoms with van der Waals surface area (Å²) in [7, 11) is 0. The first kappa shape index (κ1) is 8.15. The van der Waals surface area contributed by atoms with Gasteiger partial charge in [0.1, 0.15) is 5.83 Å². The second-order valence-electron chi connectivity index (χ2n) is 1.94. The molecule has 9 heavy (non-hydrogen) atoms. The van der Waals surface area contributed by atoms with Gasteiger partial charge in [0, 0.05) is 0 Å². The van der Waals surface area contributed by atoms with Gasteiger partial charge in [0.2, 0.25) is 0 Å². The minimum atomic E-state index is -0.185. The van der Waals surface area contributed by atoms with E-state index in [0.29, 0.717) is 5.57 Å². The average Bonchev–Trinajstić information content (AvgIpc) is 1.82. The first-order valence-corrected chi connectivity index (χ1v) is 2.80. The highest BCUT2D eigenvalue weighted by molar-refractivity contribution is 5.19. The molecule has 0 aliphatic carbocycles. The Morgan fingerprint density at radius 2 is 2.00 bits per heavy atom. The Kier molecular flexibility index (Phi) is 3.69. The molecule has 0 spiro atoms. The van der Waals surface area contributed by atoms with Crippen LogP contribution < -0.4 is 0 Å². The molecule has 50 valence electrons. The SMILES string of the molecule is C=C/C=C\C(F)=C(C)C. The van der Waals surface area contributed by atoms with Crippen LogP contribution in [0.3, 0.4) is 0 Å². The molecule has 0 bridgehead atoms. The standard InChI is InChI=1S/C8H11F/c1-4-5-6-8(9)7(2)3/h4-6H,1H2,2-3H3/b6-5-. The number of allylic oxidation sites excluding steroid dienone is 5. The molecule has 0 nitrogen and oxygen atoms in total. The summed E-state index contributed by atoms with van der Waals surface area (Å²) in [5.74, 6) is -0.185. The Bertz CT molecular complexity index is 148. The van der Waals surface area contributed by atoms with Crippen LogP contribution in [0.15, 0.2) is 36.2 Å². The highest BCUT2D eigenvalue weighted by Gasteiger charge is 1.86. The third-order valence-corrected chi connectivity index (χ3v) is 0.856. The van der Waals surface area contributed by atoms with Crippen molar-refractivity contribution in [2.24, 2.45) is 0 Å². The van der Waals surface area contributed by atoms with Gasteiger partial charge in [-0.3, -0.25) is 0 Å². The van der Waals surface area contributed by atoms with Crippen molar-refractivity contribution >= 4 is 0 Å². The second kappa shape index (κ2) is 4.07. The molecular formula is C8H11F. The van der Waals surface area contributed by atoms with Gasteiger partial charge in [-0.25, -0.2) is 4.39 Å². The fourth-order valence-electron chi connectivity index (χ4n) is 0.319. The highest BCUT2D eigenvalue weighted by Crippen LogP contribution is 2.05. The second-order valence-corrected chi connectivity index (χ2v) is 1.94. The molecule has 0 aromatic heterocycles. The van der Waals surface area contributed by atoms with Crippen molar-refractivity contribution in [1.29, 1.82) is 0 Å². The third kappa shape index (κ3) is 3.71. The molecule has 0 atom stereocenters. The van der Waals surface area contributed by atoms with E-state index in [0.717, 1.165) is 0 Å². The van der Waals surface area contributed by atoms with E-state index in [9.17, 15) is 4.39 Å². The molecule has 1 heteroatoms. The molecule has 0 amide bonds. The number of halogens is 1. The van der Waals surface area contributed by atoms with Gasteiger partial charge in [-0.2, -0.15) is 0 Å². The predicted octanol–water partition coefficient (Wildman–Crippen LogP) is 2.99. The largest absolute Gasteiger partial charge is 0.207 e. The van der Waals surface area contributed by atoms with Gasteiger partial charge < -0.3 is 0 Å². The molecule has 0 fully saturated rings. The van der Waals surface area contributed by atoms with E-state index in [1.807, 2.05) is 0 Å². The van der Waals surface area contributed by atoms with Crippen molar-refractivity contribution in [2.45, 2.75) is 13.8 Å². The molecule has 0 N–H and O–H groups in total. The normalized spacial score (nSPS) is 9.67. The van der Waals surface area contributed by atoms with Gasteiger partial charge >= 0.3 is 0 Å². The number of hydrogen-bond donors (Lipinski definition) is 0. The van der Waals surface area contributed by atoms with Crippen LogP contribution in [0, 0.1) is 0 Å². The van der Waals surface area contributed by atoms with Crippen LogP contribution in [-0.4, -0.2) is 0 Å². The molecule has 0 radical (unpaired) electrons. The van der Waals surface area contributed by atoms with Crippen molar-refractivity contribution in [3.8, 4) is 0 Å². The first-order valence-electron chi connectivity index (χ1n) is 2.80. The van der Waals surface area contributed by atoms with Gasteiger partial charge in [0.05, 0.1) is 0 Å².